The number of carbonyl (C=O) groups is 3. The molecule has 0 aliphatic heterocycles. The summed E-state index contributed by atoms with van der Waals surface area (Å²) in [4.78, 5) is 39.1. The van der Waals surface area contributed by atoms with Crippen molar-refractivity contribution in [1.29, 1.82) is 0 Å². The first-order valence-corrected chi connectivity index (χ1v) is 15.7. The smallest absolute Gasteiger partial charge is 0.309 e. The van der Waals surface area contributed by atoms with Crippen molar-refractivity contribution in [3.63, 3.8) is 0 Å². The maximum atomic E-state index is 14.1. The van der Waals surface area contributed by atoms with Crippen LogP contribution >= 0.6 is 0 Å². The van der Waals surface area contributed by atoms with E-state index in [9.17, 15) is 27.9 Å². The van der Waals surface area contributed by atoms with E-state index in [4.69, 9.17) is 8.92 Å². The predicted molar refractivity (Wildman–Crippen MR) is 151 cm³/mol. The lowest BCUT2D eigenvalue weighted by Gasteiger charge is -2.52. The third kappa shape index (κ3) is 4.96. The maximum Gasteiger partial charge on any atom is 0.309 e. The molecule has 8 nitrogen and oxygen atoms in total. The van der Waals surface area contributed by atoms with Gasteiger partial charge >= 0.3 is 5.97 Å². The highest BCUT2D eigenvalue weighted by Crippen LogP contribution is 2.65. The van der Waals surface area contributed by atoms with E-state index in [1.165, 1.54) is 30.2 Å². The summed E-state index contributed by atoms with van der Waals surface area (Å²) in [6, 6.07) is 6.15. The van der Waals surface area contributed by atoms with Crippen molar-refractivity contribution < 1.29 is 36.8 Å². The van der Waals surface area contributed by atoms with Crippen molar-refractivity contribution >= 4 is 27.7 Å². The van der Waals surface area contributed by atoms with Crippen molar-refractivity contribution in [2.75, 3.05) is 6.61 Å². The van der Waals surface area contributed by atoms with Crippen LogP contribution in [0.15, 0.2) is 64.1 Å². The van der Waals surface area contributed by atoms with Gasteiger partial charge < -0.3 is 9.84 Å². The zero-order chi connectivity index (χ0) is 29.8. The summed E-state index contributed by atoms with van der Waals surface area (Å²) in [6.07, 6.45) is 7.62. The van der Waals surface area contributed by atoms with E-state index in [0.29, 0.717) is 19.3 Å². The number of rotatable bonds is 8. The number of benzene rings is 1. The number of esters is 1. The van der Waals surface area contributed by atoms with E-state index in [2.05, 4.69) is 6.92 Å². The van der Waals surface area contributed by atoms with Crippen molar-refractivity contribution in [3.8, 4) is 0 Å². The predicted octanol–water partition coefficient (Wildman–Crippen LogP) is 4.69. The molecular weight excluding hydrogens is 544 g/mol. The molecule has 0 aromatic heterocycles. The number of hydrogen-bond donors (Lipinski definition) is 1. The topological polar surface area (TPSA) is 124 Å². The monoisotopic (exact) mass is 582 g/mol. The summed E-state index contributed by atoms with van der Waals surface area (Å²) in [5.41, 5.74) is 1.75. The number of aliphatic hydroxyl groups excluding tert-OH is 1. The minimum Gasteiger partial charge on any atom is -0.450 e. The number of carbonyl (C=O) groups excluding carboxylic acids is 3. The Hall–Kier alpha value is -2.88. The zero-order valence-electron chi connectivity index (χ0n) is 24.1. The van der Waals surface area contributed by atoms with E-state index in [0.717, 1.165) is 24.0 Å². The van der Waals surface area contributed by atoms with Gasteiger partial charge in [0.15, 0.2) is 11.4 Å². The van der Waals surface area contributed by atoms with Crippen molar-refractivity contribution in [2.24, 2.45) is 16.7 Å². The molecular formula is C32H38O8S. The Balaban J connectivity index is 1.48. The summed E-state index contributed by atoms with van der Waals surface area (Å²) in [6.45, 7) is 6.65. The molecule has 4 aliphatic carbocycles. The summed E-state index contributed by atoms with van der Waals surface area (Å²) < 4.78 is 37.1. The number of aliphatic hydroxyl groups is 1. The molecule has 0 amide bonds. The molecule has 1 N–H and O–H groups in total. The van der Waals surface area contributed by atoms with E-state index < -0.39 is 45.6 Å². The van der Waals surface area contributed by atoms with Gasteiger partial charge in [-0.2, -0.15) is 8.42 Å². The zero-order valence-corrected chi connectivity index (χ0v) is 24.9. The van der Waals surface area contributed by atoms with Crippen LogP contribution in [-0.4, -0.2) is 49.4 Å². The van der Waals surface area contributed by atoms with Gasteiger partial charge in [-0.05, 0) is 89.5 Å². The largest absolute Gasteiger partial charge is 0.450 e. The normalized spacial score (nSPS) is 31.6. The highest BCUT2D eigenvalue weighted by atomic mass is 32.2. The van der Waals surface area contributed by atoms with Crippen LogP contribution in [0.5, 0.6) is 0 Å². The van der Waals surface area contributed by atoms with Gasteiger partial charge in [-0.25, -0.2) is 0 Å². The lowest BCUT2D eigenvalue weighted by molar-refractivity contribution is -0.184. The average molecular weight is 583 g/mol. The lowest BCUT2D eigenvalue weighted by atomic mass is 9.53. The fourth-order valence-electron chi connectivity index (χ4n) is 7.64. The van der Waals surface area contributed by atoms with Crippen LogP contribution in [0.3, 0.4) is 0 Å². The summed E-state index contributed by atoms with van der Waals surface area (Å²) in [5, 5.41) is 9.85. The first-order chi connectivity index (χ1) is 19.2. The number of ether oxygens (including phenoxy) is 1. The van der Waals surface area contributed by atoms with Gasteiger partial charge in [0.1, 0.15) is 6.61 Å². The fraction of sp³-hybridized carbons (Fsp3) is 0.531. The molecule has 0 saturated heterocycles. The fourth-order valence-corrected chi connectivity index (χ4v) is 8.51. The molecule has 5 rings (SSSR count). The molecule has 1 fully saturated rings. The lowest BCUT2D eigenvalue weighted by Crippen LogP contribution is -2.57. The van der Waals surface area contributed by atoms with E-state index >= 15 is 0 Å². The Labute approximate surface area is 241 Å². The summed E-state index contributed by atoms with van der Waals surface area (Å²) >= 11 is 0. The second kappa shape index (κ2) is 10.4. The van der Waals surface area contributed by atoms with Crippen LogP contribution in [0.25, 0.3) is 0 Å². The van der Waals surface area contributed by atoms with Crippen LogP contribution in [0.4, 0.5) is 0 Å². The molecule has 1 saturated carbocycles. The highest BCUT2D eigenvalue weighted by molar-refractivity contribution is 7.86. The Bertz CT molecular complexity index is 1480. The molecule has 0 spiro atoms. The van der Waals surface area contributed by atoms with Gasteiger partial charge in [-0.1, -0.05) is 47.4 Å². The number of fused-ring (bicyclic) bond motifs is 4. The second-order valence-electron chi connectivity index (χ2n) is 12.4. The van der Waals surface area contributed by atoms with Crippen LogP contribution in [-0.2, 0) is 33.4 Å². The highest BCUT2D eigenvalue weighted by Gasteiger charge is 2.66. The number of aryl methyl sites for hydroxylation is 1. The van der Waals surface area contributed by atoms with E-state index in [1.54, 1.807) is 24.3 Å². The minimum atomic E-state index is -4.22. The quantitative estimate of drug-likeness (QED) is 0.266. The molecule has 0 heterocycles. The molecule has 0 bridgehead atoms. The Morgan fingerprint density at radius 2 is 1.80 bits per heavy atom. The van der Waals surface area contributed by atoms with Crippen LogP contribution in [0.1, 0.15) is 71.3 Å². The van der Waals surface area contributed by atoms with Crippen molar-refractivity contribution in [3.05, 3.63) is 64.8 Å². The van der Waals surface area contributed by atoms with E-state index in [-0.39, 0.29) is 34.9 Å². The second-order valence-corrected chi connectivity index (χ2v) is 14.0. The first-order valence-electron chi connectivity index (χ1n) is 14.3. The maximum absolute atomic E-state index is 14.1. The van der Waals surface area contributed by atoms with Crippen LogP contribution < -0.4 is 0 Å². The molecule has 1 aromatic carbocycles. The van der Waals surface area contributed by atoms with Gasteiger partial charge in [-0.15, -0.1) is 0 Å². The summed E-state index contributed by atoms with van der Waals surface area (Å²) in [7, 11) is -4.22. The van der Waals surface area contributed by atoms with Crippen LogP contribution in [0, 0.1) is 23.7 Å². The van der Waals surface area contributed by atoms with Crippen molar-refractivity contribution in [1.82, 2.24) is 0 Å². The van der Waals surface area contributed by atoms with Gasteiger partial charge in [0.05, 0.1) is 17.4 Å². The number of hydrogen-bond acceptors (Lipinski definition) is 8. The molecule has 9 heteroatoms. The van der Waals surface area contributed by atoms with Gasteiger partial charge in [0.25, 0.3) is 10.1 Å². The van der Waals surface area contributed by atoms with Crippen molar-refractivity contribution in [2.45, 2.75) is 89.2 Å². The first kappa shape index (κ1) is 29.6. The molecule has 220 valence electrons. The van der Waals surface area contributed by atoms with Gasteiger partial charge in [0.2, 0.25) is 5.78 Å². The Kier molecular flexibility index (Phi) is 7.54. The molecule has 0 radical (unpaired) electrons. The SMILES string of the molecule is Cc1ccc(S(=O)(=O)OCC(=O)[C@@]2(OC(=O)CC(C)O)CC[C@H]3C4=C(CC[C@@]32C)[C@@]2(C)C=CC(=O)C=C2CC4)cc1. The third-order valence-corrected chi connectivity index (χ3v) is 11.2. The standard InChI is InChI=1S/C32H38O8S/c1-20-5-8-24(9-6-20)41(37,38)39-19-28(35)32(40-29(36)17-21(2)33)16-13-27-25-10-7-22-18-23(34)11-14-30(22,3)26(25)12-15-31(27,32)4/h5-6,8-9,11,14,18,21,27,33H,7,10,12-13,15-17,19H2,1-4H3/t21?,27-,30-,31-,32-/m0/s1. The number of allylic oxidation sites excluding steroid dienone is 6. The van der Waals surface area contributed by atoms with E-state index in [1.807, 2.05) is 19.9 Å². The molecule has 5 atom stereocenters. The number of ketones is 2. The molecule has 41 heavy (non-hydrogen) atoms. The Morgan fingerprint density at radius 1 is 1.10 bits per heavy atom. The third-order valence-electron chi connectivity index (χ3n) is 9.89. The Morgan fingerprint density at radius 3 is 2.49 bits per heavy atom. The minimum absolute atomic E-state index is 0.00161. The summed E-state index contributed by atoms with van der Waals surface area (Å²) in [5.74, 6) is -1.36. The van der Waals surface area contributed by atoms with Crippen LogP contribution in [0.2, 0.25) is 0 Å². The number of Topliss-reactive ketones (excluding diaryl/α,β-unsaturated/α-hetero) is 1. The average Bonchev–Trinajstić information content (AvgIpc) is 3.20. The van der Waals surface area contributed by atoms with Gasteiger partial charge in [-0.3, -0.25) is 18.6 Å². The molecule has 1 aromatic rings. The van der Waals surface area contributed by atoms with Gasteiger partial charge in [0, 0.05) is 10.8 Å². The molecule has 1 unspecified atom stereocenters. The molecule has 4 aliphatic rings.